The molecule has 14 bridgehead atoms. The van der Waals surface area contributed by atoms with Gasteiger partial charge in [0.05, 0.1) is 38.0 Å². The monoisotopic (exact) mass is 1060 g/mol. The number of aromatic nitrogens is 8. The minimum absolute atomic E-state index is 0.0493. The van der Waals surface area contributed by atoms with Gasteiger partial charge in [0.2, 0.25) is 0 Å². The quantitative estimate of drug-likeness (QED) is 0.102. The van der Waals surface area contributed by atoms with Gasteiger partial charge in [-0.05, 0) is 42.4 Å². The largest absolute Gasteiger partial charge is 0.408 e. The Labute approximate surface area is 423 Å². The van der Waals surface area contributed by atoms with Crippen LogP contribution in [0.2, 0.25) is 18.1 Å². The van der Waals surface area contributed by atoms with E-state index in [9.17, 15) is 9.59 Å². The summed E-state index contributed by atoms with van der Waals surface area (Å²) >= 11 is 12.7. The molecule has 2 aromatic carbocycles. The van der Waals surface area contributed by atoms with Crippen molar-refractivity contribution in [3.05, 3.63) is 109 Å². The van der Waals surface area contributed by atoms with Gasteiger partial charge in [0.25, 0.3) is 11.8 Å². The van der Waals surface area contributed by atoms with Crippen LogP contribution in [0.15, 0.2) is 98.1 Å². The normalized spacial score (nSPS) is 30.1. The number of rotatable bonds is 4. The number of ether oxygens (including phenoxy) is 2. The number of amides is 2. The van der Waals surface area contributed by atoms with E-state index in [1.807, 2.05) is 71.0 Å². The lowest BCUT2D eigenvalue weighted by molar-refractivity contribution is -0.0426. The summed E-state index contributed by atoms with van der Waals surface area (Å²) in [5.41, 5.74) is 2.52. The zero-order valence-electron chi connectivity index (χ0n) is 40.7. The molecule has 6 aromatic rings. The van der Waals surface area contributed by atoms with Crippen molar-refractivity contribution in [2.45, 2.75) is 88.7 Å². The van der Waals surface area contributed by atoms with Crippen molar-refractivity contribution < 1.29 is 32.5 Å². The van der Waals surface area contributed by atoms with Gasteiger partial charge >= 0.3 is 0 Å². The summed E-state index contributed by atoms with van der Waals surface area (Å²) in [4.78, 5) is 61.0. The summed E-state index contributed by atoms with van der Waals surface area (Å²) in [6.07, 6.45) is 0.999. The van der Waals surface area contributed by atoms with E-state index in [0.717, 1.165) is 0 Å². The van der Waals surface area contributed by atoms with Crippen LogP contribution in [-0.4, -0.2) is 129 Å². The third-order valence-corrected chi connectivity index (χ3v) is 22.6. The Morgan fingerprint density at radius 2 is 1.14 bits per heavy atom. The topological polar surface area (TPSA) is 198 Å². The van der Waals surface area contributed by atoms with Crippen LogP contribution < -0.4 is 20.0 Å². The number of hydrogen-bond donors (Lipinski definition) is 2. The van der Waals surface area contributed by atoms with Crippen LogP contribution >= 0.6 is 12.8 Å². The van der Waals surface area contributed by atoms with Crippen molar-refractivity contribution >= 4 is 90.5 Å². The van der Waals surface area contributed by atoms with Crippen LogP contribution in [0.5, 0.6) is 0 Å². The molecular formula is C47H58N12O7P2S2Si. The molecule has 2 N–H and O–H groups in total. The Hall–Kier alpha value is -4.54. The zero-order valence-corrected chi connectivity index (χ0v) is 45.1. The molecule has 4 aromatic heterocycles. The number of nitrogens with zero attached hydrogens (tertiary/aromatic N) is 10. The number of benzene rings is 2. The fourth-order valence-corrected chi connectivity index (χ4v) is 14.5. The fraction of sp³-hybridized carbons (Fsp3) is 0.447. The van der Waals surface area contributed by atoms with Gasteiger partial charge in [0.15, 0.2) is 48.5 Å². The van der Waals surface area contributed by atoms with Gasteiger partial charge in [-0.1, -0.05) is 99.9 Å². The lowest BCUT2D eigenvalue weighted by Gasteiger charge is -2.41. The van der Waals surface area contributed by atoms with Crippen LogP contribution in [0.1, 0.15) is 60.9 Å². The molecule has 3 fully saturated rings. The van der Waals surface area contributed by atoms with Crippen LogP contribution in [0.4, 0.5) is 11.6 Å². The molecule has 24 heteroatoms. The van der Waals surface area contributed by atoms with Gasteiger partial charge in [-0.25, -0.2) is 29.9 Å². The van der Waals surface area contributed by atoms with Crippen molar-refractivity contribution in [3.63, 3.8) is 0 Å². The van der Waals surface area contributed by atoms with Crippen molar-refractivity contribution in [1.29, 1.82) is 0 Å². The smallest absolute Gasteiger partial charge is 0.259 e. The number of nitrogens with one attached hydrogen (secondary N) is 2. The van der Waals surface area contributed by atoms with Gasteiger partial charge in [0, 0.05) is 49.5 Å². The molecule has 0 spiro atoms. The Morgan fingerprint density at radius 1 is 0.690 bits per heavy atom. The van der Waals surface area contributed by atoms with E-state index in [0.29, 0.717) is 39.3 Å². The molecule has 71 heavy (non-hydrogen) atoms. The van der Waals surface area contributed by atoms with E-state index in [2.05, 4.69) is 55.9 Å². The average molecular weight is 1060 g/mol. The molecule has 3 saturated heterocycles. The molecule has 374 valence electrons. The third-order valence-electron chi connectivity index (χ3n) is 14.1. The number of hydrogen-bond acceptors (Lipinski definition) is 15. The van der Waals surface area contributed by atoms with E-state index < -0.39 is 58.0 Å². The highest BCUT2D eigenvalue weighted by molar-refractivity contribution is 8.11. The molecule has 9 heterocycles. The van der Waals surface area contributed by atoms with E-state index in [-0.39, 0.29) is 60.9 Å². The Balaban J connectivity index is 1.16. The summed E-state index contributed by atoms with van der Waals surface area (Å²) < 4.78 is 38.8. The summed E-state index contributed by atoms with van der Waals surface area (Å²) in [6.45, 7) is 17.2. The lowest BCUT2D eigenvalue weighted by Crippen LogP contribution is -2.52. The minimum atomic E-state index is -2.86. The first-order valence-electron chi connectivity index (χ1n) is 23.5. The Morgan fingerprint density at radius 3 is 1.63 bits per heavy atom. The molecule has 10 atom stereocenters. The van der Waals surface area contributed by atoms with Crippen molar-refractivity contribution in [1.82, 2.24) is 49.2 Å². The first-order valence-corrected chi connectivity index (χ1v) is 32.8. The fourth-order valence-electron chi connectivity index (χ4n) is 9.33. The Bertz CT molecular complexity index is 3110. The standard InChI is InChI=1S/C47H58N12O7P2S2Si/c1-29-34-32-23-62-68(6,70)55-35-33(24-63-67(5,69)54-34)65-46(38(35)66-71(7,8)47(2,3)4)59-28-53-37-40(49-26-51-42(37)59)57(44(61)31-19-13-10-14-20-31)22-16-15-21-56(43(60)30-17-11-9-12-18-30)39-36-41(50-25-48-39)58(27-52-36)45(29)64-32/h9-20,25-29,32-35,38,45-46H,21-24H2,1-8H3,(H,54,69)(H,55,70)/b16-15+/t29-,32-,33-,34+,35-,38-,45?,46-,67?,68?/m1/s1. The van der Waals surface area contributed by atoms with Crippen LogP contribution in [0.3, 0.4) is 0 Å². The van der Waals surface area contributed by atoms with Gasteiger partial charge in [-0.2, -0.15) is 0 Å². The second-order valence-electron chi connectivity index (χ2n) is 20.0. The van der Waals surface area contributed by atoms with Crippen molar-refractivity contribution in [2.75, 3.05) is 49.4 Å². The number of anilines is 2. The molecule has 5 aliphatic rings. The molecule has 0 saturated carbocycles. The minimum Gasteiger partial charge on any atom is -0.408 e. The maximum Gasteiger partial charge on any atom is 0.259 e. The number of fused-ring (bicyclic) bond motifs is 10. The molecular weight excluding hydrogens is 999 g/mol. The van der Waals surface area contributed by atoms with E-state index in [4.69, 9.17) is 71.5 Å². The van der Waals surface area contributed by atoms with Gasteiger partial charge in [0.1, 0.15) is 43.9 Å². The average Bonchev–Trinajstić information content (AvgIpc) is 4.12. The van der Waals surface area contributed by atoms with E-state index in [1.54, 1.807) is 46.7 Å². The predicted molar refractivity (Wildman–Crippen MR) is 281 cm³/mol. The zero-order chi connectivity index (χ0) is 50.0. The molecule has 2 amide bonds. The molecule has 0 radical (unpaired) electrons. The second-order valence-corrected chi connectivity index (χ2v) is 33.4. The molecule has 11 rings (SSSR count). The summed E-state index contributed by atoms with van der Waals surface area (Å²) in [7, 11) is -2.56. The molecule has 0 aliphatic carbocycles. The Kier molecular flexibility index (Phi) is 13.7. The number of carbonyl (C=O) groups is 2. The highest BCUT2D eigenvalue weighted by Crippen LogP contribution is 2.51. The van der Waals surface area contributed by atoms with E-state index >= 15 is 0 Å². The van der Waals surface area contributed by atoms with Gasteiger partial charge in [-0.15, -0.1) is 0 Å². The van der Waals surface area contributed by atoms with Crippen LogP contribution in [-0.2, 0) is 46.6 Å². The first-order chi connectivity index (χ1) is 33.8. The van der Waals surface area contributed by atoms with Crippen LogP contribution in [0.25, 0.3) is 22.3 Å². The van der Waals surface area contributed by atoms with Gasteiger partial charge < -0.3 is 22.9 Å². The second kappa shape index (κ2) is 19.4. The maximum absolute atomic E-state index is 14.7. The SMILES string of the molecule is C[C@H]1C2O[C@@H]3COP(C)(=S)N[C@H]4[C@@H](O[Si](C)(C)C(C)(C)C)[C@@H](O[C@@H]4COP(C)(=S)N[C@H]31)n1cnc3c(ncnc31)N(C(=O)c1ccccc1)C/C=C/CN(C(=O)c1ccccc1)c1ncnc3c1ncn32. The maximum atomic E-state index is 14.7. The lowest BCUT2D eigenvalue weighted by atomic mass is 10.00. The third kappa shape index (κ3) is 9.75. The van der Waals surface area contributed by atoms with Crippen LogP contribution in [0, 0.1) is 5.92 Å². The summed E-state index contributed by atoms with van der Waals surface area (Å²) in [5.74, 6) is -0.281. The number of carbonyl (C=O) groups excluding carboxylic acids is 2. The first kappa shape index (κ1) is 50.0. The highest BCUT2D eigenvalue weighted by Gasteiger charge is 2.53. The predicted octanol–water partition coefficient (Wildman–Crippen LogP) is 7.19. The van der Waals surface area contributed by atoms with Gasteiger partial charge in [-0.3, -0.25) is 38.7 Å². The highest BCUT2D eigenvalue weighted by atomic mass is 32.5. The van der Waals surface area contributed by atoms with Crippen molar-refractivity contribution in [3.8, 4) is 0 Å². The summed E-state index contributed by atoms with van der Waals surface area (Å²) in [6, 6.07) is 17.1. The number of imidazole rings is 2. The van der Waals surface area contributed by atoms with Crippen molar-refractivity contribution in [2.24, 2.45) is 5.92 Å². The molecule has 5 aliphatic heterocycles. The molecule has 3 unspecified atom stereocenters. The molecule has 19 nitrogen and oxygen atoms in total. The summed E-state index contributed by atoms with van der Waals surface area (Å²) in [5, 5.41) is 7.28. The van der Waals surface area contributed by atoms with E-state index in [1.165, 1.54) is 12.7 Å².